The Balaban J connectivity index is 2.79. The van der Waals surface area contributed by atoms with Crippen molar-refractivity contribution >= 4 is 16.9 Å². The molecule has 0 aliphatic carbocycles. The summed E-state index contributed by atoms with van der Waals surface area (Å²) in [6.07, 6.45) is -4.44. The lowest BCUT2D eigenvalue weighted by molar-refractivity contribution is -0.138. The predicted octanol–water partition coefficient (Wildman–Crippen LogP) is 3.69. The van der Waals surface area contributed by atoms with Gasteiger partial charge in [-0.3, -0.25) is 4.79 Å². The van der Waals surface area contributed by atoms with Gasteiger partial charge in [0.1, 0.15) is 0 Å². The monoisotopic (exact) mass is 285 g/mol. The summed E-state index contributed by atoms with van der Waals surface area (Å²) in [6, 6.07) is 3.41. The van der Waals surface area contributed by atoms with Gasteiger partial charge in [-0.25, -0.2) is 0 Å². The van der Waals surface area contributed by atoms with E-state index >= 15 is 0 Å². The van der Waals surface area contributed by atoms with E-state index in [1.54, 1.807) is 18.5 Å². The van der Waals surface area contributed by atoms with Gasteiger partial charge in [0.05, 0.1) is 11.5 Å². The molecule has 108 valence electrons. The van der Waals surface area contributed by atoms with Crippen LogP contribution in [0.3, 0.4) is 0 Å². The lowest BCUT2D eigenvalue weighted by atomic mass is 9.97. The SMILES string of the molecule is Cc1c(C(C)C(=O)O)c2cc(C(F)(F)F)ccc2n1C. The number of hydrogen-bond donors (Lipinski definition) is 1. The summed E-state index contributed by atoms with van der Waals surface area (Å²) < 4.78 is 40.1. The van der Waals surface area contributed by atoms with Gasteiger partial charge in [-0.15, -0.1) is 0 Å². The van der Waals surface area contributed by atoms with Crippen molar-refractivity contribution in [3.05, 3.63) is 35.0 Å². The topological polar surface area (TPSA) is 42.2 Å². The second kappa shape index (κ2) is 4.54. The minimum absolute atomic E-state index is 0.342. The smallest absolute Gasteiger partial charge is 0.416 e. The molecule has 0 radical (unpaired) electrons. The number of fused-ring (bicyclic) bond motifs is 1. The molecule has 1 atom stereocenters. The molecule has 0 aliphatic rings. The van der Waals surface area contributed by atoms with E-state index in [-0.39, 0.29) is 0 Å². The largest absolute Gasteiger partial charge is 0.481 e. The van der Waals surface area contributed by atoms with Crippen LogP contribution in [0.4, 0.5) is 13.2 Å². The van der Waals surface area contributed by atoms with Crippen molar-refractivity contribution in [2.45, 2.75) is 25.9 Å². The number of alkyl halides is 3. The Kier molecular flexibility index (Phi) is 3.28. The highest BCUT2D eigenvalue weighted by molar-refractivity contribution is 5.91. The second-order valence-electron chi connectivity index (χ2n) is 4.85. The highest BCUT2D eigenvalue weighted by atomic mass is 19.4. The normalized spacial score (nSPS) is 13.7. The Morgan fingerprint density at radius 3 is 2.45 bits per heavy atom. The number of hydrogen-bond acceptors (Lipinski definition) is 1. The number of aliphatic carboxylic acids is 1. The van der Waals surface area contributed by atoms with Crippen LogP contribution in [0.15, 0.2) is 18.2 Å². The number of nitrogens with zero attached hydrogens (tertiary/aromatic N) is 1. The van der Waals surface area contributed by atoms with Crippen molar-refractivity contribution in [1.82, 2.24) is 4.57 Å². The molecule has 0 bridgehead atoms. The van der Waals surface area contributed by atoms with E-state index in [9.17, 15) is 18.0 Å². The Bertz CT molecular complexity index is 686. The summed E-state index contributed by atoms with van der Waals surface area (Å²) in [7, 11) is 1.71. The van der Waals surface area contributed by atoms with Gasteiger partial charge < -0.3 is 9.67 Å². The Labute approximate surface area is 113 Å². The predicted molar refractivity (Wildman–Crippen MR) is 68.7 cm³/mol. The van der Waals surface area contributed by atoms with Crippen molar-refractivity contribution in [1.29, 1.82) is 0 Å². The molecule has 1 aromatic carbocycles. The molecule has 0 spiro atoms. The van der Waals surface area contributed by atoms with E-state index in [1.807, 2.05) is 0 Å². The van der Waals surface area contributed by atoms with Crippen molar-refractivity contribution in [3.8, 4) is 0 Å². The average molecular weight is 285 g/mol. The Morgan fingerprint density at radius 2 is 1.95 bits per heavy atom. The number of carbonyl (C=O) groups is 1. The number of carboxylic acid groups (broad SMARTS) is 1. The number of benzene rings is 1. The number of carboxylic acids is 1. The first-order chi connectivity index (χ1) is 9.14. The number of halogens is 3. The molecule has 6 heteroatoms. The van der Waals surface area contributed by atoms with Crippen molar-refractivity contribution in [3.63, 3.8) is 0 Å². The highest BCUT2D eigenvalue weighted by Gasteiger charge is 2.32. The molecule has 0 saturated heterocycles. The molecule has 0 fully saturated rings. The molecular weight excluding hydrogens is 271 g/mol. The van der Waals surface area contributed by atoms with Crippen LogP contribution in [-0.2, 0) is 18.0 Å². The second-order valence-corrected chi connectivity index (χ2v) is 4.85. The molecule has 1 aromatic heterocycles. The Hall–Kier alpha value is -1.98. The third-order valence-corrected chi connectivity index (χ3v) is 3.67. The fraction of sp³-hybridized carbons (Fsp3) is 0.357. The zero-order valence-electron chi connectivity index (χ0n) is 11.2. The summed E-state index contributed by atoms with van der Waals surface area (Å²) in [5, 5.41) is 9.47. The van der Waals surface area contributed by atoms with Gasteiger partial charge in [0.15, 0.2) is 0 Å². The average Bonchev–Trinajstić information content (AvgIpc) is 2.60. The van der Waals surface area contributed by atoms with Crippen molar-refractivity contribution in [2.75, 3.05) is 0 Å². The molecule has 2 aromatic rings. The molecular formula is C14H14F3NO2. The van der Waals surface area contributed by atoms with Gasteiger partial charge in [0, 0.05) is 23.6 Å². The van der Waals surface area contributed by atoms with Gasteiger partial charge in [-0.1, -0.05) is 0 Å². The van der Waals surface area contributed by atoms with Crippen LogP contribution in [0.25, 0.3) is 10.9 Å². The van der Waals surface area contributed by atoms with Gasteiger partial charge in [-0.2, -0.15) is 13.2 Å². The van der Waals surface area contributed by atoms with E-state index in [4.69, 9.17) is 5.11 Å². The van der Waals surface area contributed by atoms with Crippen LogP contribution in [0.2, 0.25) is 0 Å². The third kappa shape index (κ3) is 2.15. The molecule has 1 unspecified atom stereocenters. The van der Waals surface area contributed by atoms with Crippen molar-refractivity contribution < 1.29 is 23.1 Å². The lowest BCUT2D eigenvalue weighted by Gasteiger charge is -2.09. The number of rotatable bonds is 2. The first kappa shape index (κ1) is 14.4. The zero-order valence-corrected chi connectivity index (χ0v) is 11.2. The first-order valence-electron chi connectivity index (χ1n) is 6.03. The fourth-order valence-corrected chi connectivity index (χ4v) is 2.45. The summed E-state index contributed by atoms with van der Waals surface area (Å²) in [5.41, 5.74) is 0.920. The van der Waals surface area contributed by atoms with E-state index < -0.39 is 23.6 Å². The number of aromatic nitrogens is 1. The molecule has 3 nitrogen and oxygen atoms in total. The van der Waals surface area contributed by atoms with Crippen LogP contribution >= 0.6 is 0 Å². The zero-order chi connectivity index (χ0) is 15.2. The summed E-state index contributed by atoms with van der Waals surface area (Å²) in [5.74, 6) is -1.92. The van der Waals surface area contributed by atoms with Crippen LogP contribution in [0, 0.1) is 6.92 Å². The van der Waals surface area contributed by atoms with Gasteiger partial charge in [-0.05, 0) is 37.6 Å². The van der Waals surface area contributed by atoms with Gasteiger partial charge >= 0.3 is 12.1 Å². The van der Waals surface area contributed by atoms with E-state index in [2.05, 4.69) is 0 Å². The van der Waals surface area contributed by atoms with Gasteiger partial charge in [0.2, 0.25) is 0 Å². The first-order valence-corrected chi connectivity index (χ1v) is 6.03. The van der Waals surface area contributed by atoms with Crippen LogP contribution in [0.5, 0.6) is 0 Å². The van der Waals surface area contributed by atoms with Crippen molar-refractivity contribution in [2.24, 2.45) is 7.05 Å². The molecule has 0 aliphatic heterocycles. The molecule has 0 saturated carbocycles. The molecule has 20 heavy (non-hydrogen) atoms. The summed E-state index contributed by atoms with van der Waals surface area (Å²) in [4.78, 5) is 11.2. The summed E-state index contributed by atoms with van der Waals surface area (Å²) in [6.45, 7) is 3.19. The Morgan fingerprint density at radius 1 is 1.35 bits per heavy atom. The van der Waals surface area contributed by atoms with Crippen LogP contribution in [0.1, 0.15) is 29.7 Å². The maximum atomic E-state index is 12.8. The maximum absolute atomic E-state index is 12.8. The van der Waals surface area contributed by atoms with E-state index in [0.29, 0.717) is 22.2 Å². The number of aryl methyl sites for hydroxylation is 1. The molecule has 0 amide bonds. The third-order valence-electron chi connectivity index (χ3n) is 3.67. The van der Waals surface area contributed by atoms with Crippen LogP contribution < -0.4 is 0 Å². The van der Waals surface area contributed by atoms with Crippen LogP contribution in [-0.4, -0.2) is 15.6 Å². The molecule has 1 N–H and O–H groups in total. The maximum Gasteiger partial charge on any atom is 0.416 e. The standard InChI is InChI=1S/C14H14F3NO2/c1-7(13(19)20)12-8(2)18(3)11-5-4-9(6-10(11)12)14(15,16)17/h4-7H,1-3H3,(H,19,20). The van der Waals surface area contributed by atoms with Gasteiger partial charge in [0.25, 0.3) is 0 Å². The lowest BCUT2D eigenvalue weighted by Crippen LogP contribution is -2.09. The quantitative estimate of drug-likeness (QED) is 0.914. The fourth-order valence-electron chi connectivity index (χ4n) is 2.45. The van der Waals surface area contributed by atoms with E-state index in [0.717, 1.165) is 12.1 Å². The molecule has 2 rings (SSSR count). The molecule has 1 heterocycles. The van der Waals surface area contributed by atoms with E-state index in [1.165, 1.54) is 13.0 Å². The minimum atomic E-state index is -4.44. The minimum Gasteiger partial charge on any atom is -0.481 e. The summed E-state index contributed by atoms with van der Waals surface area (Å²) >= 11 is 0. The highest BCUT2D eigenvalue weighted by Crippen LogP contribution is 2.36.